The van der Waals surface area contributed by atoms with Gasteiger partial charge in [0.15, 0.2) is 6.29 Å². The Hall–Kier alpha value is -1.28. The molecule has 0 aliphatic rings. The number of carbonyl (C=O) groups excluding carboxylic acids is 1. The number of fused-ring (bicyclic) bond motifs is 1. The van der Waals surface area contributed by atoms with Crippen LogP contribution in [-0.2, 0) is 0 Å². The highest BCUT2D eigenvalue weighted by Crippen LogP contribution is 2.31. The van der Waals surface area contributed by atoms with E-state index in [-0.39, 0.29) is 6.04 Å². The summed E-state index contributed by atoms with van der Waals surface area (Å²) in [5.74, 6) is 0. The van der Waals surface area contributed by atoms with E-state index in [0.29, 0.717) is 10.7 Å². The smallest absolute Gasteiger partial charge is 0.153 e. The number of rotatable bonds is 2. The van der Waals surface area contributed by atoms with E-state index in [4.69, 9.17) is 11.6 Å². The van der Waals surface area contributed by atoms with Crippen LogP contribution in [-0.4, -0.2) is 10.9 Å². The molecule has 0 aliphatic carbocycles. The van der Waals surface area contributed by atoms with Gasteiger partial charge in [-0.3, -0.25) is 4.79 Å². The fourth-order valence-corrected chi connectivity index (χ4v) is 2.31. The number of aldehydes is 1. The average molecular weight is 222 g/mol. The zero-order valence-electron chi connectivity index (χ0n) is 8.70. The molecule has 1 aromatic heterocycles. The van der Waals surface area contributed by atoms with Crippen molar-refractivity contribution in [2.45, 2.75) is 19.9 Å². The van der Waals surface area contributed by atoms with Gasteiger partial charge >= 0.3 is 0 Å². The summed E-state index contributed by atoms with van der Waals surface area (Å²) in [6.07, 6.45) is 0.823. The highest BCUT2D eigenvalue weighted by Gasteiger charge is 2.15. The van der Waals surface area contributed by atoms with Crippen molar-refractivity contribution in [3.05, 3.63) is 35.0 Å². The van der Waals surface area contributed by atoms with Crippen LogP contribution in [0.15, 0.2) is 24.3 Å². The number of benzene rings is 1. The van der Waals surface area contributed by atoms with Gasteiger partial charge in [-0.05, 0) is 19.9 Å². The topological polar surface area (TPSA) is 22.0 Å². The van der Waals surface area contributed by atoms with Gasteiger partial charge in [0.2, 0.25) is 0 Å². The van der Waals surface area contributed by atoms with Gasteiger partial charge in [0.05, 0.1) is 11.1 Å². The summed E-state index contributed by atoms with van der Waals surface area (Å²) >= 11 is 6.18. The Kier molecular flexibility index (Phi) is 2.53. The van der Waals surface area contributed by atoms with Crippen molar-refractivity contribution in [2.75, 3.05) is 0 Å². The van der Waals surface area contributed by atoms with Crippen LogP contribution in [0.2, 0.25) is 5.15 Å². The lowest BCUT2D eigenvalue weighted by molar-refractivity contribution is 0.112. The predicted octanol–water partition coefficient (Wildman–Crippen LogP) is 3.69. The van der Waals surface area contributed by atoms with Gasteiger partial charge in [0, 0.05) is 11.4 Å². The van der Waals surface area contributed by atoms with E-state index in [9.17, 15) is 4.79 Å². The van der Waals surface area contributed by atoms with Crippen LogP contribution in [0, 0.1) is 0 Å². The highest BCUT2D eigenvalue weighted by atomic mass is 35.5. The van der Waals surface area contributed by atoms with Crippen LogP contribution in [0.25, 0.3) is 10.9 Å². The Bertz CT molecular complexity index is 514. The monoisotopic (exact) mass is 221 g/mol. The van der Waals surface area contributed by atoms with E-state index in [1.54, 1.807) is 0 Å². The quantitative estimate of drug-likeness (QED) is 0.709. The molecule has 78 valence electrons. The van der Waals surface area contributed by atoms with Crippen LogP contribution in [0.1, 0.15) is 30.2 Å². The minimum absolute atomic E-state index is 0.246. The zero-order valence-corrected chi connectivity index (χ0v) is 9.45. The average Bonchev–Trinajstić information content (AvgIpc) is 2.49. The molecule has 0 spiro atoms. The van der Waals surface area contributed by atoms with Crippen molar-refractivity contribution < 1.29 is 4.79 Å². The summed E-state index contributed by atoms with van der Waals surface area (Å²) in [6.45, 7) is 4.10. The Morgan fingerprint density at radius 1 is 1.33 bits per heavy atom. The predicted molar refractivity (Wildman–Crippen MR) is 62.7 cm³/mol. The molecule has 1 heterocycles. The molecule has 0 saturated carbocycles. The maximum absolute atomic E-state index is 11.0. The van der Waals surface area contributed by atoms with E-state index in [1.165, 1.54) is 0 Å². The van der Waals surface area contributed by atoms with Crippen LogP contribution in [0.3, 0.4) is 0 Å². The fraction of sp³-hybridized carbons (Fsp3) is 0.250. The van der Waals surface area contributed by atoms with Crippen LogP contribution >= 0.6 is 11.6 Å². The third-order valence-electron chi connectivity index (χ3n) is 2.52. The second kappa shape index (κ2) is 3.70. The first-order valence-electron chi connectivity index (χ1n) is 4.90. The second-order valence-corrected chi connectivity index (χ2v) is 4.16. The summed E-state index contributed by atoms with van der Waals surface area (Å²) in [5.41, 5.74) is 1.60. The lowest BCUT2D eigenvalue weighted by Crippen LogP contribution is -2.00. The number of carbonyl (C=O) groups is 1. The molecule has 0 bridgehead atoms. The molecular weight excluding hydrogens is 210 g/mol. The SMILES string of the molecule is CC(C)n1c(Cl)c(C=O)c2ccccc21. The second-order valence-electron chi connectivity index (χ2n) is 3.80. The molecule has 2 rings (SSSR count). The van der Waals surface area contributed by atoms with Crippen molar-refractivity contribution in [3.8, 4) is 0 Å². The Labute approximate surface area is 93.5 Å². The minimum atomic E-state index is 0.246. The van der Waals surface area contributed by atoms with Gasteiger partial charge in [0.1, 0.15) is 5.15 Å². The van der Waals surface area contributed by atoms with E-state index in [0.717, 1.165) is 17.2 Å². The molecule has 0 unspecified atom stereocenters. The van der Waals surface area contributed by atoms with Gasteiger partial charge in [0.25, 0.3) is 0 Å². The van der Waals surface area contributed by atoms with E-state index >= 15 is 0 Å². The minimum Gasteiger partial charge on any atom is -0.328 e. The number of nitrogens with zero attached hydrogens (tertiary/aromatic N) is 1. The number of halogens is 1. The molecular formula is C12H12ClNO. The van der Waals surface area contributed by atoms with Crippen molar-refractivity contribution in [1.29, 1.82) is 0 Å². The Morgan fingerprint density at radius 2 is 2.00 bits per heavy atom. The van der Waals surface area contributed by atoms with Gasteiger partial charge in [-0.2, -0.15) is 0 Å². The highest BCUT2D eigenvalue weighted by molar-refractivity contribution is 6.34. The molecule has 3 heteroatoms. The normalized spacial score (nSPS) is 11.2. The van der Waals surface area contributed by atoms with Gasteiger partial charge in [-0.15, -0.1) is 0 Å². The first-order chi connectivity index (χ1) is 7.16. The fourth-order valence-electron chi connectivity index (χ4n) is 1.88. The summed E-state index contributed by atoms with van der Waals surface area (Å²) in [5, 5.41) is 1.45. The number of aromatic nitrogens is 1. The molecule has 15 heavy (non-hydrogen) atoms. The third-order valence-corrected chi connectivity index (χ3v) is 2.91. The summed E-state index contributed by atoms with van der Waals surface area (Å²) in [6, 6.07) is 8.01. The molecule has 1 aromatic carbocycles. The van der Waals surface area contributed by atoms with Crippen molar-refractivity contribution in [1.82, 2.24) is 4.57 Å². The lowest BCUT2D eigenvalue weighted by Gasteiger charge is -2.10. The van der Waals surface area contributed by atoms with Gasteiger partial charge in [-0.1, -0.05) is 29.8 Å². The standard InChI is InChI=1S/C12H12ClNO/c1-8(2)14-11-6-4-3-5-9(11)10(7-15)12(14)13/h3-8H,1-2H3. The Balaban J connectivity index is 2.90. The largest absolute Gasteiger partial charge is 0.328 e. The summed E-state index contributed by atoms with van der Waals surface area (Å²) in [7, 11) is 0. The van der Waals surface area contributed by atoms with Crippen molar-refractivity contribution in [3.63, 3.8) is 0 Å². The maximum Gasteiger partial charge on any atom is 0.153 e. The molecule has 0 saturated heterocycles. The lowest BCUT2D eigenvalue weighted by atomic mass is 10.2. The molecule has 0 fully saturated rings. The third kappa shape index (κ3) is 1.45. The number of hydrogen-bond acceptors (Lipinski definition) is 1. The first-order valence-corrected chi connectivity index (χ1v) is 5.28. The van der Waals surface area contributed by atoms with E-state index < -0.39 is 0 Å². The molecule has 2 nitrogen and oxygen atoms in total. The zero-order chi connectivity index (χ0) is 11.0. The summed E-state index contributed by atoms with van der Waals surface area (Å²) < 4.78 is 1.97. The van der Waals surface area contributed by atoms with Gasteiger partial charge < -0.3 is 4.57 Å². The molecule has 0 amide bonds. The molecule has 0 atom stereocenters. The van der Waals surface area contributed by atoms with Crippen molar-refractivity contribution in [2.24, 2.45) is 0 Å². The van der Waals surface area contributed by atoms with Crippen LogP contribution < -0.4 is 0 Å². The molecule has 0 aliphatic heterocycles. The first kappa shape index (κ1) is 10.2. The van der Waals surface area contributed by atoms with Crippen LogP contribution in [0.5, 0.6) is 0 Å². The van der Waals surface area contributed by atoms with Crippen LogP contribution in [0.4, 0.5) is 0 Å². The number of hydrogen-bond donors (Lipinski definition) is 0. The molecule has 0 radical (unpaired) electrons. The van der Waals surface area contributed by atoms with E-state index in [1.807, 2.05) is 42.7 Å². The van der Waals surface area contributed by atoms with E-state index in [2.05, 4.69) is 0 Å². The Morgan fingerprint density at radius 3 is 2.60 bits per heavy atom. The number of para-hydroxylation sites is 1. The molecule has 2 aromatic rings. The maximum atomic E-state index is 11.0. The van der Waals surface area contributed by atoms with Gasteiger partial charge in [-0.25, -0.2) is 0 Å². The molecule has 0 N–H and O–H groups in total. The van der Waals surface area contributed by atoms with Crippen molar-refractivity contribution >= 4 is 28.8 Å². The summed E-state index contributed by atoms with van der Waals surface area (Å²) in [4.78, 5) is 11.0.